The quantitative estimate of drug-likeness (QED) is 0.0779. The number of hydrogen-bond acceptors (Lipinski definition) is 13. The number of halogens is 1. The fraction of sp³-hybridized carbons (Fsp3) is 0.162. The highest BCUT2D eigenvalue weighted by Gasteiger charge is 2.36. The van der Waals surface area contributed by atoms with Gasteiger partial charge in [0.2, 0.25) is 5.75 Å². The van der Waals surface area contributed by atoms with Crippen molar-refractivity contribution >= 4 is 56.4 Å². The van der Waals surface area contributed by atoms with Gasteiger partial charge in [0.05, 0.1) is 70.2 Å². The van der Waals surface area contributed by atoms with Gasteiger partial charge in [-0.25, -0.2) is 9.79 Å². The van der Waals surface area contributed by atoms with Gasteiger partial charge in [-0.2, -0.15) is 0 Å². The van der Waals surface area contributed by atoms with Crippen molar-refractivity contribution in [3.63, 3.8) is 0 Å². The van der Waals surface area contributed by atoms with Gasteiger partial charge >= 0.3 is 11.7 Å². The van der Waals surface area contributed by atoms with Crippen LogP contribution in [0.15, 0.2) is 98.7 Å². The van der Waals surface area contributed by atoms with Crippen LogP contribution in [0.5, 0.6) is 28.7 Å². The number of aromatic nitrogens is 1. The summed E-state index contributed by atoms with van der Waals surface area (Å²) < 4.78 is 30.0. The zero-order chi connectivity index (χ0) is 38.7. The highest BCUT2D eigenvalue weighted by atomic mass is 79.9. The number of hydrogen-bond donors (Lipinski definition) is 0. The van der Waals surface area contributed by atoms with E-state index in [1.165, 1.54) is 25.9 Å². The Hall–Kier alpha value is -6.33. The van der Waals surface area contributed by atoms with E-state index in [2.05, 4.69) is 15.9 Å². The minimum atomic E-state index is -0.980. The number of fused-ring (bicyclic) bond motifs is 1. The summed E-state index contributed by atoms with van der Waals surface area (Å²) in [5, 5.41) is 23.0. The van der Waals surface area contributed by atoms with Gasteiger partial charge in [0, 0.05) is 11.6 Å². The summed E-state index contributed by atoms with van der Waals surface area (Å²) in [7, 11) is 4.35. The fourth-order valence-electron chi connectivity index (χ4n) is 5.81. The number of methoxy groups -OCH3 is 3. The maximum Gasteiger partial charge on any atom is 0.338 e. The monoisotopic (exact) mass is 816 g/mol. The van der Waals surface area contributed by atoms with Gasteiger partial charge in [-0.1, -0.05) is 47.7 Å². The third-order valence-corrected chi connectivity index (χ3v) is 9.78. The molecule has 17 heteroatoms. The lowest BCUT2D eigenvalue weighted by Crippen LogP contribution is -2.40. The second-order valence-electron chi connectivity index (χ2n) is 11.3. The Balaban J connectivity index is 1.53. The molecule has 4 aromatic carbocycles. The first-order chi connectivity index (χ1) is 26.0. The van der Waals surface area contributed by atoms with Crippen molar-refractivity contribution in [2.75, 3.05) is 27.9 Å². The van der Waals surface area contributed by atoms with Crippen molar-refractivity contribution in [1.82, 2.24) is 4.57 Å². The molecular weight excluding hydrogens is 788 g/mol. The van der Waals surface area contributed by atoms with E-state index in [0.29, 0.717) is 43.2 Å². The van der Waals surface area contributed by atoms with E-state index in [4.69, 9.17) is 28.7 Å². The van der Waals surface area contributed by atoms with Gasteiger partial charge in [-0.05, 0) is 70.4 Å². The Morgan fingerprint density at radius 3 is 2.26 bits per heavy atom. The van der Waals surface area contributed by atoms with Crippen molar-refractivity contribution < 1.29 is 38.3 Å². The molecule has 15 nitrogen and oxygen atoms in total. The molecule has 5 aromatic rings. The SMILES string of the molecule is CCOC(=O)C1=C(c2ccccc2)N=c2s/c(=C\c3cc(Br)c(Oc4ccc([N+](=O)[O-])cc4[N+](=O)[O-])c(OC)c3)c(=O)n2[C@H]1c1ccc(OC)c(OC)c1. The van der Waals surface area contributed by atoms with Gasteiger partial charge in [0.15, 0.2) is 27.8 Å². The van der Waals surface area contributed by atoms with E-state index in [9.17, 15) is 29.8 Å². The van der Waals surface area contributed by atoms with E-state index in [0.717, 1.165) is 29.5 Å². The largest absolute Gasteiger partial charge is 0.493 e. The minimum absolute atomic E-state index is 0.0492. The molecule has 0 fully saturated rings. The number of non-ortho nitro benzene ring substituents is 1. The molecule has 54 heavy (non-hydrogen) atoms. The average molecular weight is 818 g/mol. The first-order valence-corrected chi connectivity index (χ1v) is 17.6. The van der Waals surface area contributed by atoms with Crippen LogP contribution in [0.4, 0.5) is 11.4 Å². The van der Waals surface area contributed by atoms with Crippen LogP contribution in [0.3, 0.4) is 0 Å². The van der Waals surface area contributed by atoms with Crippen LogP contribution in [-0.4, -0.2) is 48.3 Å². The molecule has 1 aromatic heterocycles. The summed E-state index contributed by atoms with van der Waals surface area (Å²) in [5.41, 5.74) is 0.599. The Morgan fingerprint density at radius 2 is 1.61 bits per heavy atom. The van der Waals surface area contributed by atoms with E-state index in [1.807, 2.05) is 30.3 Å². The number of nitro benzene ring substituents is 2. The second-order valence-corrected chi connectivity index (χ2v) is 13.2. The zero-order valence-electron chi connectivity index (χ0n) is 28.9. The van der Waals surface area contributed by atoms with Crippen molar-refractivity contribution in [1.29, 1.82) is 0 Å². The topological polar surface area (TPSA) is 184 Å². The van der Waals surface area contributed by atoms with Crippen LogP contribution in [0.2, 0.25) is 0 Å². The number of thiazole rings is 1. The summed E-state index contributed by atoms with van der Waals surface area (Å²) in [4.78, 5) is 54.9. The second kappa shape index (κ2) is 15.7. The molecular formula is C37H29BrN4O11S. The van der Waals surface area contributed by atoms with Crippen LogP contribution in [-0.2, 0) is 9.53 Å². The van der Waals surface area contributed by atoms with E-state index >= 15 is 0 Å². The standard InChI is InChI=1S/C37H29BrN4O11S/c1-5-52-36(44)31-32(21-9-7-6-8-10-21)39-37-40(33(31)22-11-13-27(49-2)28(18-22)50-3)35(43)30(54-37)17-20-15-24(38)34(29(16-20)51-4)53-26-14-12-23(41(45)46)19-25(26)42(47)48/h6-19,33H,5H2,1-4H3/b30-17-/t33-/m0/s1. The predicted molar refractivity (Wildman–Crippen MR) is 201 cm³/mol. The molecule has 0 radical (unpaired) electrons. The number of benzene rings is 4. The normalized spacial score (nSPS) is 13.8. The lowest BCUT2D eigenvalue weighted by atomic mass is 9.93. The molecule has 1 aliphatic heterocycles. The summed E-state index contributed by atoms with van der Waals surface area (Å²) >= 11 is 4.54. The molecule has 0 saturated carbocycles. The maximum absolute atomic E-state index is 14.4. The van der Waals surface area contributed by atoms with Crippen molar-refractivity contribution in [2.45, 2.75) is 13.0 Å². The first kappa shape index (κ1) is 37.4. The van der Waals surface area contributed by atoms with Gasteiger partial charge < -0.3 is 23.7 Å². The lowest BCUT2D eigenvalue weighted by Gasteiger charge is -2.26. The van der Waals surface area contributed by atoms with Crippen molar-refractivity contribution in [3.05, 3.63) is 146 Å². The number of carbonyl (C=O) groups is 1. The molecule has 0 unspecified atom stereocenters. The smallest absolute Gasteiger partial charge is 0.338 e. The van der Waals surface area contributed by atoms with Crippen LogP contribution < -0.4 is 33.8 Å². The van der Waals surface area contributed by atoms with Gasteiger partial charge in [0.25, 0.3) is 11.2 Å². The number of esters is 1. The Bertz CT molecular complexity index is 2530. The molecule has 0 saturated heterocycles. The predicted octanol–water partition coefficient (Wildman–Crippen LogP) is 6.33. The number of rotatable bonds is 12. The van der Waals surface area contributed by atoms with Gasteiger partial charge in [0.1, 0.15) is 0 Å². The van der Waals surface area contributed by atoms with Crippen LogP contribution in [0.25, 0.3) is 11.8 Å². The molecule has 1 atom stereocenters. The van der Waals surface area contributed by atoms with Crippen LogP contribution in [0.1, 0.15) is 29.7 Å². The molecule has 0 bridgehead atoms. The van der Waals surface area contributed by atoms with Gasteiger partial charge in [-0.15, -0.1) is 0 Å². The molecule has 6 rings (SSSR count). The van der Waals surface area contributed by atoms with Gasteiger partial charge in [-0.3, -0.25) is 29.6 Å². The molecule has 2 heterocycles. The van der Waals surface area contributed by atoms with E-state index in [1.54, 1.807) is 43.3 Å². The number of carbonyl (C=O) groups excluding carboxylic acids is 1. The first-order valence-electron chi connectivity index (χ1n) is 16.0. The third kappa shape index (κ3) is 7.18. The lowest BCUT2D eigenvalue weighted by molar-refractivity contribution is -0.394. The zero-order valence-corrected chi connectivity index (χ0v) is 31.3. The summed E-state index contributed by atoms with van der Waals surface area (Å²) in [6.45, 7) is 1.78. The molecule has 0 spiro atoms. The summed E-state index contributed by atoms with van der Waals surface area (Å²) in [6.07, 6.45) is 1.61. The minimum Gasteiger partial charge on any atom is -0.493 e. The Kier molecular flexibility index (Phi) is 10.9. The van der Waals surface area contributed by atoms with E-state index < -0.39 is 38.8 Å². The summed E-state index contributed by atoms with van der Waals surface area (Å²) in [5.74, 6) is 0.119. The molecule has 0 N–H and O–H groups in total. The Morgan fingerprint density at radius 1 is 0.907 bits per heavy atom. The number of nitrogens with zero attached hydrogens (tertiary/aromatic N) is 4. The highest BCUT2D eigenvalue weighted by Crippen LogP contribution is 2.43. The Labute approximate surface area is 318 Å². The maximum atomic E-state index is 14.4. The molecule has 1 aliphatic rings. The highest BCUT2D eigenvalue weighted by molar-refractivity contribution is 9.10. The van der Waals surface area contributed by atoms with Crippen LogP contribution >= 0.6 is 27.3 Å². The molecule has 0 amide bonds. The third-order valence-electron chi connectivity index (χ3n) is 8.21. The number of ether oxygens (including phenoxy) is 5. The fourth-order valence-corrected chi connectivity index (χ4v) is 7.35. The van der Waals surface area contributed by atoms with Crippen LogP contribution in [0, 0.1) is 20.2 Å². The molecule has 0 aliphatic carbocycles. The molecule has 276 valence electrons. The number of nitro groups is 2. The van der Waals surface area contributed by atoms with Crippen molar-refractivity contribution in [2.24, 2.45) is 4.99 Å². The van der Waals surface area contributed by atoms with E-state index in [-0.39, 0.29) is 34.0 Å². The summed E-state index contributed by atoms with van der Waals surface area (Å²) in [6, 6.07) is 19.4. The average Bonchev–Trinajstić information content (AvgIpc) is 3.48. The van der Waals surface area contributed by atoms with Crippen molar-refractivity contribution in [3.8, 4) is 28.7 Å².